The van der Waals surface area contributed by atoms with Gasteiger partial charge in [0.15, 0.2) is 0 Å². The van der Waals surface area contributed by atoms with Crippen molar-refractivity contribution in [3.63, 3.8) is 0 Å². The van der Waals surface area contributed by atoms with Gasteiger partial charge in [0.2, 0.25) is 5.91 Å². The maximum atomic E-state index is 11.7. The molecule has 0 aromatic heterocycles. The lowest BCUT2D eigenvalue weighted by molar-refractivity contribution is -0.149. The number of amides is 1. The van der Waals surface area contributed by atoms with E-state index in [2.05, 4.69) is 0 Å². The number of nitrogens with zero attached hydrogens (tertiary/aromatic N) is 1. The van der Waals surface area contributed by atoms with Crippen LogP contribution in [-0.4, -0.2) is 49.7 Å². The third-order valence-electron chi connectivity index (χ3n) is 2.17. The summed E-state index contributed by atoms with van der Waals surface area (Å²) in [5, 5.41) is 0. The summed E-state index contributed by atoms with van der Waals surface area (Å²) < 4.78 is 10.0. The molecule has 0 unspecified atom stereocenters. The SMILES string of the molecule is CCCOCCC(=O)N(CC)CC(=O)OCC. The van der Waals surface area contributed by atoms with Gasteiger partial charge in [0.05, 0.1) is 19.6 Å². The molecular formula is C12H23NO4. The number of esters is 1. The molecule has 0 spiro atoms. The molecule has 1 amide bonds. The van der Waals surface area contributed by atoms with Crippen LogP contribution in [0, 0.1) is 0 Å². The molecular weight excluding hydrogens is 222 g/mol. The summed E-state index contributed by atoms with van der Waals surface area (Å²) >= 11 is 0. The Labute approximate surface area is 103 Å². The molecule has 0 bridgehead atoms. The fraction of sp³-hybridized carbons (Fsp3) is 0.833. The van der Waals surface area contributed by atoms with E-state index in [9.17, 15) is 9.59 Å². The van der Waals surface area contributed by atoms with E-state index in [0.29, 0.717) is 32.8 Å². The van der Waals surface area contributed by atoms with Crippen LogP contribution in [-0.2, 0) is 19.1 Å². The van der Waals surface area contributed by atoms with E-state index >= 15 is 0 Å². The van der Waals surface area contributed by atoms with Gasteiger partial charge in [-0.15, -0.1) is 0 Å². The number of hydrogen-bond acceptors (Lipinski definition) is 4. The quantitative estimate of drug-likeness (QED) is 0.452. The average molecular weight is 245 g/mol. The molecule has 0 saturated heterocycles. The summed E-state index contributed by atoms with van der Waals surface area (Å²) in [5.41, 5.74) is 0. The van der Waals surface area contributed by atoms with Gasteiger partial charge in [-0.05, 0) is 20.3 Å². The standard InChI is InChI=1S/C12H23NO4/c1-4-8-16-9-7-11(14)13(5-2)10-12(15)17-6-3/h4-10H2,1-3H3. The van der Waals surface area contributed by atoms with Gasteiger partial charge in [0.25, 0.3) is 0 Å². The van der Waals surface area contributed by atoms with E-state index in [4.69, 9.17) is 9.47 Å². The Hall–Kier alpha value is -1.10. The number of ether oxygens (including phenoxy) is 2. The van der Waals surface area contributed by atoms with Gasteiger partial charge in [-0.3, -0.25) is 9.59 Å². The molecule has 0 aliphatic carbocycles. The van der Waals surface area contributed by atoms with Crippen molar-refractivity contribution in [2.24, 2.45) is 0 Å². The highest BCUT2D eigenvalue weighted by molar-refractivity contribution is 5.82. The van der Waals surface area contributed by atoms with Crippen LogP contribution >= 0.6 is 0 Å². The average Bonchev–Trinajstić information content (AvgIpc) is 2.31. The molecule has 0 atom stereocenters. The second kappa shape index (κ2) is 10.1. The fourth-order valence-electron chi connectivity index (χ4n) is 1.30. The summed E-state index contributed by atoms with van der Waals surface area (Å²) in [7, 11) is 0. The van der Waals surface area contributed by atoms with Crippen molar-refractivity contribution in [2.45, 2.75) is 33.6 Å². The second-order valence-corrected chi connectivity index (χ2v) is 3.58. The van der Waals surface area contributed by atoms with Gasteiger partial charge in [-0.1, -0.05) is 6.92 Å². The molecule has 5 heteroatoms. The summed E-state index contributed by atoms with van der Waals surface area (Å²) in [6, 6.07) is 0. The molecule has 0 aliphatic heterocycles. The van der Waals surface area contributed by atoms with E-state index < -0.39 is 0 Å². The highest BCUT2D eigenvalue weighted by Crippen LogP contribution is 1.97. The maximum Gasteiger partial charge on any atom is 0.325 e. The second-order valence-electron chi connectivity index (χ2n) is 3.58. The maximum absolute atomic E-state index is 11.7. The zero-order chi connectivity index (χ0) is 13.1. The van der Waals surface area contributed by atoms with Crippen molar-refractivity contribution < 1.29 is 19.1 Å². The molecule has 0 aliphatic rings. The molecule has 0 rings (SSSR count). The van der Waals surface area contributed by atoms with Crippen molar-refractivity contribution in [1.82, 2.24) is 4.90 Å². The summed E-state index contributed by atoms with van der Waals surface area (Å²) in [5.74, 6) is -0.436. The molecule has 0 saturated carbocycles. The van der Waals surface area contributed by atoms with Crippen LogP contribution < -0.4 is 0 Å². The highest BCUT2D eigenvalue weighted by Gasteiger charge is 2.15. The predicted octanol–water partition coefficient (Wildman–Crippen LogP) is 1.21. The Kier molecular flexibility index (Phi) is 9.43. The summed E-state index contributed by atoms with van der Waals surface area (Å²) in [4.78, 5) is 24.4. The Morgan fingerprint density at radius 1 is 1.12 bits per heavy atom. The highest BCUT2D eigenvalue weighted by atomic mass is 16.5. The fourth-order valence-corrected chi connectivity index (χ4v) is 1.30. The van der Waals surface area contributed by atoms with Crippen LogP contribution in [0.4, 0.5) is 0 Å². The van der Waals surface area contributed by atoms with E-state index in [1.807, 2.05) is 13.8 Å². The van der Waals surface area contributed by atoms with Crippen LogP contribution in [0.15, 0.2) is 0 Å². The zero-order valence-corrected chi connectivity index (χ0v) is 11.0. The molecule has 5 nitrogen and oxygen atoms in total. The van der Waals surface area contributed by atoms with Crippen molar-refractivity contribution in [3.8, 4) is 0 Å². The predicted molar refractivity (Wildman–Crippen MR) is 64.6 cm³/mol. The van der Waals surface area contributed by atoms with E-state index in [0.717, 1.165) is 6.42 Å². The van der Waals surface area contributed by atoms with Gasteiger partial charge in [0.1, 0.15) is 6.54 Å². The van der Waals surface area contributed by atoms with E-state index in [-0.39, 0.29) is 18.4 Å². The summed E-state index contributed by atoms with van der Waals surface area (Å²) in [6.45, 7) is 7.54. The molecule has 0 aromatic rings. The third kappa shape index (κ3) is 7.74. The minimum absolute atomic E-state index is 0.0248. The lowest BCUT2D eigenvalue weighted by Crippen LogP contribution is -2.36. The molecule has 0 aromatic carbocycles. The minimum atomic E-state index is -0.364. The van der Waals surface area contributed by atoms with Crippen LogP contribution in [0.1, 0.15) is 33.6 Å². The number of likely N-dealkylation sites (N-methyl/N-ethyl adjacent to an activating group) is 1. The normalized spacial score (nSPS) is 10.1. The Balaban J connectivity index is 3.90. The van der Waals surface area contributed by atoms with Crippen LogP contribution in [0.2, 0.25) is 0 Å². The Morgan fingerprint density at radius 3 is 2.35 bits per heavy atom. The van der Waals surface area contributed by atoms with Gasteiger partial charge in [0, 0.05) is 13.2 Å². The van der Waals surface area contributed by atoms with Crippen molar-refractivity contribution in [1.29, 1.82) is 0 Å². The monoisotopic (exact) mass is 245 g/mol. The topological polar surface area (TPSA) is 55.8 Å². The Bertz CT molecular complexity index is 231. The van der Waals surface area contributed by atoms with Crippen molar-refractivity contribution >= 4 is 11.9 Å². The van der Waals surface area contributed by atoms with E-state index in [1.54, 1.807) is 6.92 Å². The van der Waals surface area contributed by atoms with Crippen molar-refractivity contribution in [3.05, 3.63) is 0 Å². The molecule has 100 valence electrons. The molecule has 0 heterocycles. The first kappa shape index (κ1) is 15.9. The first-order valence-corrected chi connectivity index (χ1v) is 6.16. The van der Waals surface area contributed by atoms with Gasteiger partial charge >= 0.3 is 5.97 Å². The smallest absolute Gasteiger partial charge is 0.325 e. The van der Waals surface area contributed by atoms with Gasteiger partial charge in [-0.25, -0.2) is 0 Å². The number of rotatable bonds is 9. The Morgan fingerprint density at radius 2 is 1.82 bits per heavy atom. The third-order valence-corrected chi connectivity index (χ3v) is 2.17. The minimum Gasteiger partial charge on any atom is -0.465 e. The van der Waals surface area contributed by atoms with Gasteiger partial charge < -0.3 is 14.4 Å². The van der Waals surface area contributed by atoms with Crippen LogP contribution in [0.5, 0.6) is 0 Å². The molecule has 0 N–H and O–H groups in total. The zero-order valence-electron chi connectivity index (χ0n) is 11.0. The van der Waals surface area contributed by atoms with E-state index in [1.165, 1.54) is 4.90 Å². The van der Waals surface area contributed by atoms with Gasteiger partial charge in [-0.2, -0.15) is 0 Å². The lowest BCUT2D eigenvalue weighted by Gasteiger charge is -2.19. The summed E-state index contributed by atoms with van der Waals surface area (Å²) in [6.07, 6.45) is 1.25. The number of hydrogen-bond donors (Lipinski definition) is 0. The van der Waals surface area contributed by atoms with Crippen molar-refractivity contribution in [2.75, 3.05) is 32.9 Å². The van der Waals surface area contributed by atoms with Crippen LogP contribution in [0.3, 0.4) is 0 Å². The first-order chi connectivity index (χ1) is 8.15. The largest absolute Gasteiger partial charge is 0.465 e. The molecule has 0 fully saturated rings. The van der Waals surface area contributed by atoms with Crippen LogP contribution in [0.25, 0.3) is 0 Å². The first-order valence-electron chi connectivity index (χ1n) is 6.16. The number of carbonyl (C=O) groups is 2. The lowest BCUT2D eigenvalue weighted by atomic mass is 10.3. The number of carbonyl (C=O) groups excluding carboxylic acids is 2. The molecule has 17 heavy (non-hydrogen) atoms. The molecule has 0 radical (unpaired) electrons.